The third kappa shape index (κ3) is 3.32. The molecular formula is C17H13N3O7. The lowest BCUT2D eigenvalue weighted by atomic mass is 10.1. The first-order valence-electron chi connectivity index (χ1n) is 7.91. The van der Waals surface area contributed by atoms with Gasteiger partial charge in [0.15, 0.2) is 23.0 Å². The SMILES string of the molecule is O=C(NN=Cc1cc2c(cc1[N+](=O)[O-])OCO2)C1COc2ccccc2O1. The van der Waals surface area contributed by atoms with Gasteiger partial charge in [0, 0.05) is 0 Å². The minimum Gasteiger partial charge on any atom is -0.485 e. The van der Waals surface area contributed by atoms with Crippen molar-refractivity contribution in [1.82, 2.24) is 5.43 Å². The molecule has 2 aliphatic heterocycles. The number of amides is 1. The number of nitrogens with zero attached hydrogens (tertiary/aromatic N) is 2. The molecule has 2 heterocycles. The second-order valence-electron chi connectivity index (χ2n) is 5.62. The fraction of sp³-hybridized carbons (Fsp3) is 0.176. The highest BCUT2D eigenvalue weighted by Crippen LogP contribution is 2.37. The highest BCUT2D eigenvalue weighted by atomic mass is 16.7. The number of carbonyl (C=O) groups excluding carboxylic acids is 1. The van der Waals surface area contributed by atoms with Gasteiger partial charge in [0.05, 0.1) is 22.8 Å². The van der Waals surface area contributed by atoms with Gasteiger partial charge in [-0.3, -0.25) is 14.9 Å². The number of hydrogen-bond donors (Lipinski definition) is 1. The van der Waals surface area contributed by atoms with Gasteiger partial charge < -0.3 is 18.9 Å². The Morgan fingerprint density at radius 3 is 2.67 bits per heavy atom. The van der Waals surface area contributed by atoms with E-state index in [1.54, 1.807) is 24.3 Å². The van der Waals surface area contributed by atoms with Gasteiger partial charge in [-0.25, -0.2) is 5.43 Å². The molecular weight excluding hydrogens is 358 g/mol. The number of fused-ring (bicyclic) bond motifs is 2. The Bertz CT molecular complexity index is 944. The third-order valence-corrected chi connectivity index (χ3v) is 3.90. The van der Waals surface area contributed by atoms with Gasteiger partial charge in [-0.1, -0.05) is 12.1 Å². The van der Waals surface area contributed by atoms with E-state index in [1.807, 2.05) is 0 Å². The van der Waals surface area contributed by atoms with Crippen molar-refractivity contribution in [2.75, 3.05) is 13.4 Å². The highest BCUT2D eigenvalue weighted by molar-refractivity contribution is 5.89. The van der Waals surface area contributed by atoms with E-state index in [1.165, 1.54) is 12.1 Å². The fourth-order valence-corrected chi connectivity index (χ4v) is 2.59. The van der Waals surface area contributed by atoms with Gasteiger partial charge in [0.2, 0.25) is 12.9 Å². The van der Waals surface area contributed by atoms with Gasteiger partial charge in [0.1, 0.15) is 6.61 Å². The summed E-state index contributed by atoms with van der Waals surface area (Å²) in [7, 11) is 0. The van der Waals surface area contributed by atoms with Crippen molar-refractivity contribution in [3.05, 3.63) is 52.1 Å². The van der Waals surface area contributed by atoms with Crippen LogP contribution in [0.3, 0.4) is 0 Å². The van der Waals surface area contributed by atoms with E-state index in [4.69, 9.17) is 18.9 Å². The summed E-state index contributed by atoms with van der Waals surface area (Å²) in [5.41, 5.74) is 2.24. The Morgan fingerprint density at radius 2 is 1.89 bits per heavy atom. The van der Waals surface area contributed by atoms with E-state index < -0.39 is 16.9 Å². The summed E-state index contributed by atoms with van der Waals surface area (Å²) in [5, 5.41) is 15.0. The van der Waals surface area contributed by atoms with Crippen molar-refractivity contribution in [2.24, 2.45) is 5.10 Å². The van der Waals surface area contributed by atoms with Crippen molar-refractivity contribution in [1.29, 1.82) is 0 Å². The maximum Gasteiger partial charge on any atom is 0.284 e. The number of hydrogen-bond acceptors (Lipinski definition) is 8. The van der Waals surface area contributed by atoms with E-state index in [2.05, 4.69) is 10.5 Å². The molecule has 138 valence electrons. The van der Waals surface area contributed by atoms with Crippen molar-refractivity contribution in [3.63, 3.8) is 0 Å². The van der Waals surface area contributed by atoms with Gasteiger partial charge in [-0.05, 0) is 18.2 Å². The summed E-state index contributed by atoms with van der Waals surface area (Å²) in [4.78, 5) is 22.8. The lowest BCUT2D eigenvalue weighted by Gasteiger charge is -2.24. The van der Waals surface area contributed by atoms with E-state index in [0.717, 1.165) is 6.21 Å². The predicted molar refractivity (Wildman–Crippen MR) is 91.3 cm³/mol. The summed E-state index contributed by atoms with van der Waals surface area (Å²) in [6.45, 7) is 0.0207. The first-order valence-corrected chi connectivity index (χ1v) is 7.91. The number of ether oxygens (including phenoxy) is 4. The van der Waals surface area contributed by atoms with Crippen LogP contribution in [-0.2, 0) is 4.79 Å². The first kappa shape index (κ1) is 16.6. The maximum absolute atomic E-state index is 12.2. The zero-order valence-electron chi connectivity index (χ0n) is 13.8. The van der Waals surface area contributed by atoms with Crippen LogP contribution in [0.4, 0.5) is 5.69 Å². The summed E-state index contributed by atoms with van der Waals surface area (Å²) >= 11 is 0. The van der Waals surface area contributed by atoms with Crippen LogP contribution in [0.1, 0.15) is 5.56 Å². The molecule has 0 radical (unpaired) electrons. The zero-order chi connectivity index (χ0) is 18.8. The molecule has 10 heteroatoms. The number of carbonyl (C=O) groups is 1. The number of benzene rings is 2. The molecule has 0 fully saturated rings. The minimum absolute atomic E-state index is 0.00961. The number of nitro groups is 1. The lowest BCUT2D eigenvalue weighted by molar-refractivity contribution is -0.385. The summed E-state index contributed by atoms with van der Waals surface area (Å²) in [6, 6.07) is 9.66. The first-order chi connectivity index (χ1) is 13.1. The van der Waals surface area contributed by atoms with Gasteiger partial charge in [-0.15, -0.1) is 0 Å². The molecule has 0 aliphatic carbocycles. The van der Waals surface area contributed by atoms with Crippen LogP contribution in [-0.4, -0.2) is 36.5 Å². The van der Waals surface area contributed by atoms with Crippen LogP contribution < -0.4 is 24.4 Å². The summed E-state index contributed by atoms with van der Waals surface area (Å²) in [6.07, 6.45) is 0.277. The molecule has 2 aliphatic rings. The fourth-order valence-electron chi connectivity index (χ4n) is 2.59. The molecule has 0 bridgehead atoms. The second-order valence-corrected chi connectivity index (χ2v) is 5.62. The third-order valence-electron chi connectivity index (χ3n) is 3.90. The highest BCUT2D eigenvalue weighted by Gasteiger charge is 2.27. The predicted octanol–water partition coefficient (Wildman–Crippen LogP) is 1.61. The van der Waals surface area contributed by atoms with Crippen LogP contribution >= 0.6 is 0 Å². The molecule has 2 aromatic carbocycles. The number of rotatable bonds is 4. The number of nitrogens with one attached hydrogen (secondary N) is 1. The Hall–Kier alpha value is -3.82. The molecule has 0 saturated heterocycles. The molecule has 10 nitrogen and oxygen atoms in total. The second kappa shape index (κ2) is 6.83. The maximum atomic E-state index is 12.2. The molecule has 0 aromatic heterocycles. The van der Waals surface area contributed by atoms with Crippen LogP contribution in [0.5, 0.6) is 23.0 Å². The topological polar surface area (TPSA) is 122 Å². The molecule has 1 atom stereocenters. The van der Waals surface area contributed by atoms with Crippen LogP contribution in [0.25, 0.3) is 0 Å². The quantitative estimate of drug-likeness (QED) is 0.492. The average molecular weight is 371 g/mol. The smallest absolute Gasteiger partial charge is 0.284 e. The monoisotopic (exact) mass is 371 g/mol. The molecule has 2 aromatic rings. The Morgan fingerprint density at radius 1 is 1.15 bits per heavy atom. The molecule has 27 heavy (non-hydrogen) atoms. The van der Waals surface area contributed by atoms with Crippen molar-refractivity contribution in [2.45, 2.75) is 6.10 Å². The molecule has 1 amide bonds. The van der Waals surface area contributed by atoms with Crippen LogP contribution in [0.15, 0.2) is 41.5 Å². The average Bonchev–Trinajstić information content (AvgIpc) is 3.14. The zero-order valence-corrected chi connectivity index (χ0v) is 13.8. The molecule has 4 rings (SSSR count). The largest absolute Gasteiger partial charge is 0.485 e. The Balaban J connectivity index is 1.45. The molecule has 1 N–H and O–H groups in total. The van der Waals surface area contributed by atoms with E-state index in [-0.39, 0.29) is 30.4 Å². The lowest BCUT2D eigenvalue weighted by Crippen LogP contribution is -2.42. The summed E-state index contributed by atoms with van der Waals surface area (Å²) in [5.74, 6) is 1.13. The number of hydrazone groups is 1. The number of para-hydroxylation sites is 2. The Kier molecular flexibility index (Phi) is 4.21. The van der Waals surface area contributed by atoms with Crippen LogP contribution in [0, 0.1) is 10.1 Å². The minimum atomic E-state index is -0.885. The van der Waals surface area contributed by atoms with Crippen molar-refractivity contribution < 1.29 is 28.7 Å². The Labute approximate surface area is 152 Å². The van der Waals surface area contributed by atoms with Crippen molar-refractivity contribution >= 4 is 17.8 Å². The molecule has 1 unspecified atom stereocenters. The van der Waals surface area contributed by atoms with Gasteiger partial charge in [-0.2, -0.15) is 5.10 Å². The summed E-state index contributed by atoms with van der Waals surface area (Å²) < 4.78 is 21.4. The van der Waals surface area contributed by atoms with E-state index in [9.17, 15) is 14.9 Å². The molecule has 0 saturated carbocycles. The van der Waals surface area contributed by atoms with E-state index in [0.29, 0.717) is 17.2 Å². The van der Waals surface area contributed by atoms with Crippen LogP contribution in [0.2, 0.25) is 0 Å². The van der Waals surface area contributed by atoms with Gasteiger partial charge >= 0.3 is 0 Å². The normalized spacial score (nSPS) is 17.0. The standard InChI is InChI=1S/C17H13N3O7/c21-17(16-8-24-12-3-1-2-4-13(12)27-16)19-18-7-10-5-14-15(26-9-25-14)6-11(10)20(22)23/h1-7,16H,8-9H2,(H,19,21). The number of nitro benzene ring substituents is 1. The van der Waals surface area contributed by atoms with Crippen molar-refractivity contribution in [3.8, 4) is 23.0 Å². The molecule has 0 spiro atoms. The van der Waals surface area contributed by atoms with Gasteiger partial charge in [0.25, 0.3) is 11.6 Å². The van der Waals surface area contributed by atoms with E-state index >= 15 is 0 Å².